The van der Waals surface area contributed by atoms with E-state index in [0.717, 1.165) is 28.7 Å². The zero-order valence-corrected chi connectivity index (χ0v) is 25.4. The molecule has 10 nitrogen and oxygen atoms in total. The van der Waals surface area contributed by atoms with Gasteiger partial charge in [-0.05, 0) is 61.0 Å². The van der Waals surface area contributed by atoms with E-state index in [4.69, 9.17) is 9.47 Å². The van der Waals surface area contributed by atoms with Gasteiger partial charge in [-0.2, -0.15) is 0 Å². The number of anilines is 2. The first-order valence-electron chi connectivity index (χ1n) is 13.8. The fourth-order valence-electron chi connectivity index (χ4n) is 5.51. The van der Waals surface area contributed by atoms with Crippen LogP contribution in [0.4, 0.5) is 11.4 Å². The van der Waals surface area contributed by atoms with Gasteiger partial charge in [-0.3, -0.25) is 23.7 Å². The number of carbonyl (C=O) groups is 4. The van der Waals surface area contributed by atoms with Crippen molar-refractivity contribution in [3.05, 3.63) is 105 Å². The van der Waals surface area contributed by atoms with Gasteiger partial charge in [0.15, 0.2) is 0 Å². The third-order valence-corrected chi connectivity index (χ3v) is 10.1. The number of hydrogen-bond acceptors (Lipinski definition) is 9. The van der Waals surface area contributed by atoms with Gasteiger partial charge < -0.3 is 14.8 Å². The Hall–Kier alpha value is -4.68. The van der Waals surface area contributed by atoms with Crippen LogP contribution in [0.5, 0.6) is 5.75 Å². The number of amides is 3. The Bertz CT molecular complexity index is 1800. The second-order valence-electron chi connectivity index (χ2n) is 10.1. The molecular weight excluding hydrogens is 603 g/mol. The van der Waals surface area contributed by atoms with Crippen LogP contribution in [0.25, 0.3) is 0 Å². The molecule has 12 heteroatoms. The SMILES string of the molecule is CCOC(=O)c1ccc(NC(=O)Cn2c3c(sc2=O)[C@@H](c2ccccc2)[C@@H]2C(=O)N(c4ccc(OC)cc4)C(=O)[C@@H]2S3)cc1. The molecule has 0 aliphatic carbocycles. The van der Waals surface area contributed by atoms with Crippen LogP contribution in [-0.2, 0) is 25.7 Å². The Kier molecular flexibility index (Phi) is 8.11. The second-order valence-corrected chi connectivity index (χ2v) is 12.3. The van der Waals surface area contributed by atoms with Crippen LogP contribution in [0.2, 0.25) is 0 Å². The second kappa shape index (κ2) is 12.1. The summed E-state index contributed by atoms with van der Waals surface area (Å²) < 4.78 is 11.6. The molecule has 3 heterocycles. The van der Waals surface area contributed by atoms with E-state index in [1.807, 2.05) is 30.3 Å². The zero-order chi connectivity index (χ0) is 31.0. The number of rotatable bonds is 8. The molecule has 1 fully saturated rings. The minimum Gasteiger partial charge on any atom is -0.497 e. The highest BCUT2D eigenvalue weighted by molar-refractivity contribution is 8.00. The van der Waals surface area contributed by atoms with Gasteiger partial charge in [0.2, 0.25) is 17.7 Å². The highest BCUT2D eigenvalue weighted by Gasteiger charge is 2.56. The number of aromatic nitrogens is 1. The monoisotopic (exact) mass is 629 g/mol. The summed E-state index contributed by atoms with van der Waals surface area (Å²) in [4.78, 5) is 67.7. The summed E-state index contributed by atoms with van der Waals surface area (Å²) in [5.74, 6) is -2.31. The Balaban J connectivity index is 1.31. The van der Waals surface area contributed by atoms with Crippen molar-refractivity contribution < 1.29 is 28.7 Å². The summed E-state index contributed by atoms with van der Waals surface area (Å²) in [6.45, 7) is 1.68. The molecule has 0 spiro atoms. The number of benzene rings is 3. The predicted molar refractivity (Wildman–Crippen MR) is 167 cm³/mol. The van der Waals surface area contributed by atoms with Crippen LogP contribution in [0.3, 0.4) is 0 Å². The first kappa shape index (κ1) is 29.4. The van der Waals surface area contributed by atoms with E-state index in [9.17, 15) is 24.0 Å². The number of nitrogens with one attached hydrogen (secondary N) is 1. The van der Waals surface area contributed by atoms with Crippen molar-refractivity contribution in [1.29, 1.82) is 0 Å². The van der Waals surface area contributed by atoms with Crippen molar-refractivity contribution in [2.75, 3.05) is 23.9 Å². The molecule has 3 atom stereocenters. The van der Waals surface area contributed by atoms with E-state index in [0.29, 0.717) is 32.6 Å². The number of imide groups is 1. The Morgan fingerprint density at radius 1 is 0.909 bits per heavy atom. The molecule has 0 saturated carbocycles. The number of thiazole rings is 1. The lowest BCUT2D eigenvalue weighted by atomic mass is 9.83. The van der Waals surface area contributed by atoms with Crippen LogP contribution >= 0.6 is 23.1 Å². The molecule has 0 bridgehead atoms. The standard InChI is InChI=1S/C32H27N3O7S2/c1-3-42-31(39)19-9-11-20(12-10-19)33-23(36)17-34-30-27(44-32(34)40)24(18-7-5-4-6-8-18)25-26(43-30)29(38)35(28(25)37)21-13-15-22(41-2)16-14-21/h4-16,24-26H,3,17H2,1-2H3,(H,33,36)/t24-,25-,26+/m0/s1. The normalized spacial score (nSPS) is 18.9. The Morgan fingerprint density at radius 3 is 2.27 bits per heavy atom. The number of esters is 1. The van der Waals surface area contributed by atoms with Crippen LogP contribution in [0, 0.1) is 5.92 Å². The zero-order valence-electron chi connectivity index (χ0n) is 23.7. The fourth-order valence-corrected chi connectivity index (χ4v) is 8.28. The molecule has 44 heavy (non-hydrogen) atoms. The number of hydrogen-bond donors (Lipinski definition) is 1. The molecule has 3 amide bonds. The molecule has 0 radical (unpaired) electrons. The number of thioether (sulfide) groups is 1. The number of ether oxygens (including phenoxy) is 2. The van der Waals surface area contributed by atoms with Gasteiger partial charge in [-0.15, -0.1) is 0 Å². The maximum Gasteiger partial charge on any atom is 0.338 e. The first-order chi connectivity index (χ1) is 21.3. The van der Waals surface area contributed by atoms with E-state index in [2.05, 4.69) is 5.32 Å². The van der Waals surface area contributed by atoms with Gasteiger partial charge in [-0.1, -0.05) is 53.4 Å². The van der Waals surface area contributed by atoms with Crippen LogP contribution in [0.1, 0.15) is 33.6 Å². The van der Waals surface area contributed by atoms with Gasteiger partial charge in [0.05, 0.1) is 35.9 Å². The number of methoxy groups -OCH3 is 1. The fraction of sp³-hybridized carbons (Fsp3) is 0.219. The third-order valence-electron chi connectivity index (χ3n) is 7.52. The van der Waals surface area contributed by atoms with Crippen molar-refractivity contribution in [1.82, 2.24) is 4.57 Å². The summed E-state index contributed by atoms with van der Waals surface area (Å²) >= 11 is 2.14. The Morgan fingerprint density at radius 2 is 1.61 bits per heavy atom. The van der Waals surface area contributed by atoms with E-state index in [1.165, 1.54) is 16.6 Å². The van der Waals surface area contributed by atoms with Gasteiger partial charge in [0, 0.05) is 16.5 Å². The number of carbonyl (C=O) groups excluding carboxylic acids is 4. The number of nitrogens with zero attached hydrogens (tertiary/aromatic N) is 2. The molecule has 2 aliphatic rings. The van der Waals surface area contributed by atoms with E-state index in [-0.39, 0.29) is 29.8 Å². The predicted octanol–water partition coefficient (Wildman–Crippen LogP) is 4.53. The molecule has 1 aromatic heterocycles. The summed E-state index contributed by atoms with van der Waals surface area (Å²) in [5.41, 5.74) is 2.05. The van der Waals surface area contributed by atoms with Crippen LogP contribution < -0.4 is 19.8 Å². The molecule has 0 unspecified atom stereocenters. The van der Waals surface area contributed by atoms with E-state index in [1.54, 1.807) is 55.5 Å². The summed E-state index contributed by atoms with van der Waals surface area (Å²) in [6, 6.07) is 22.3. The van der Waals surface area contributed by atoms with Crippen LogP contribution in [0.15, 0.2) is 88.7 Å². The average Bonchev–Trinajstić information content (AvgIpc) is 3.48. The summed E-state index contributed by atoms with van der Waals surface area (Å²) in [7, 11) is 1.54. The third kappa shape index (κ3) is 5.31. The molecule has 6 rings (SSSR count). The molecule has 2 aliphatic heterocycles. The van der Waals surface area contributed by atoms with Gasteiger partial charge in [-0.25, -0.2) is 9.69 Å². The van der Waals surface area contributed by atoms with Gasteiger partial charge >= 0.3 is 10.8 Å². The maximum atomic E-state index is 14.0. The smallest absolute Gasteiger partial charge is 0.338 e. The maximum absolute atomic E-state index is 14.0. The molecule has 4 aromatic rings. The largest absolute Gasteiger partial charge is 0.497 e. The van der Waals surface area contributed by atoms with Crippen molar-refractivity contribution in [3.63, 3.8) is 0 Å². The lowest BCUT2D eigenvalue weighted by Crippen LogP contribution is -2.33. The number of fused-ring (bicyclic) bond motifs is 2. The van der Waals surface area contributed by atoms with Crippen LogP contribution in [-0.4, -0.2) is 47.2 Å². The molecular formula is C32H27N3O7S2. The lowest BCUT2D eigenvalue weighted by Gasteiger charge is -2.30. The average molecular weight is 630 g/mol. The highest BCUT2D eigenvalue weighted by Crippen LogP contribution is 2.53. The first-order valence-corrected chi connectivity index (χ1v) is 15.5. The summed E-state index contributed by atoms with van der Waals surface area (Å²) in [5, 5.41) is 2.47. The minimum atomic E-state index is -0.791. The van der Waals surface area contributed by atoms with E-state index >= 15 is 0 Å². The minimum absolute atomic E-state index is 0.251. The molecule has 1 saturated heterocycles. The molecule has 1 N–H and O–H groups in total. The van der Waals surface area contributed by atoms with Crippen molar-refractivity contribution in [2.45, 2.75) is 29.7 Å². The van der Waals surface area contributed by atoms with Crippen molar-refractivity contribution in [3.8, 4) is 5.75 Å². The summed E-state index contributed by atoms with van der Waals surface area (Å²) in [6.07, 6.45) is 0. The Labute approximate surface area is 260 Å². The van der Waals surface area contributed by atoms with Crippen molar-refractivity contribution in [2.24, 2.45) is 5.92 Å². The topological polar surface area (TPSA) is 124 Å². The molecule has 3 aromatic carbocycles. The van der Waals surface area contributed by atoms with Gasteiger partial charge in [0.25, 0.3) is 0 Å². The highest BCUT2D eigenvalue weighted by atomic mass is 32.2. The lowest BCUT2D eigenvalue weighted by molar-refractivity contribution is -0.122. The van der Waals surface area contributed by atoms with E-state index < -0.39 is 29.0 Å². The van der Waals surface area contributed by atoms with Crippen molar-refractivity contribution >= 4 is 58.2 Å². The van der Waals surface area contributed by atoms with Gasteiger partial charge in [0.1, 0.15) is 17.5 Å². The molecule has 224 valence electrons. The quantitative estimate of drug-likeness (QED) is 0.223.